The van der Waals surface area contributed by atoms with E-state index >= 15 is 0 Å². The van der Waals surface area contributed by atoms with E-state index < -0.39 is 0 Å². The quantitative estimate of drug-likeness (QED) is 0.690. The maximum atomic E-state index is 10.9. The number of pyridine rings is 1. The Morgan fingerprint density at radius 1 is 1.62 bits per heavy atom. The van der Waals surface area contributed by atoms with Gasteiger partial charge in [-0.15, -0.1) is 0 Å². The number of ketones is 1. The molecular weight excluding hydrogens is 164 g/mol. The van der Waals surface area contributed by atoms with Crippen LogP contribution in [0.2, 0.25) is 0 Å². The summed E-state index contributed by atoms with van der Waals surface area (Å²) in [7, 11) is 0. The number of hydrogen-bond acceptors (Lipinski definition) is 2. The van der Waals surface area contributed by atoms with Crippen LogP contribution in [0.25, 0.3) is 5.52 Å². The van der Waals surface area contributed by atoms with Crippen LogP contribution in [-0.2, 0) is 11.2 Å². The molecule has 0 atom stereocenters. The average Bonchev–Trinajstić information content (AvgIpc) is 2.51. The van der Waals surface area contributed by atoms with Gasteiger partial charge in [-0.3, -0.25) is 4.79 Å². The van der Waals surface area contributed by atoms with Gasteiger partial charge in [-0.05, 0) is 18.6 Å². The van der Waals surface area contributed by atoms with Gasteiger partial charge in [0.05, 0.1) is 18.0 Å². The van der Waals surface area contributed by atoms with Gasteiger partial charge >= 0.3 is 0 Å². The van der Waals surface area contributed by atoms with Crippen LogP contribution in [-0.4, -0.2) is 15.2 Å². The molecule has 13 heavy (non-hydrogen) atoms. The fraction of sp³-hybridized carbons (Fsp3) is 0.200. The first-order valence-electron chi connectivity index (χ1n) is 4.16. The second kappa shape index (κ2) is 3.01. The molecule has 0 aliphatic rings. The van der Waals surface area contributed by atoms with Crippen LogP contribution in [0.4, 0.5) is 0 Å². The van der Waals surface area contributed by atoms with Crippen molar-refractivity contribution >= 4 is 11.3 Å². The Morgan fingerprint density at radius 3 is 3.23 bits per heavy atom. The summed E-state index contributed by atoms with van der Waals surface area (Å²) < 4.78 is 1.91. The predicted octanol–water partition coefficient (Wildman–Crippen LogP) is 1.47. The lowest BCUT2D eigenvalue weighted by Gasteiger charge is -2.00. The molecule has 0 saturated carbocycles. The lowest BCUT2D eigenvalue weighted by atomic mass is 10.1. The van der Waals surface area contributed by atoms with Gasteiger partial charge in [0.25, 0.3) is 0 Å². The van der Waals surface area contributed by atoms with Crippen LogP contribution < -0.4 is 0 Å². The minimum Gasteiger partial charge on any atom is -0.306 e. The molecule has 2 rings (SSSR count). The van der Waals surface area contributed by atoms with Gasteiger partial charge in [0.15, 0.2) is 0 Å². The third-order valence-electron chi connectivity index (χ3n) is 1.98. The normalized spacial score (nSPS) is 10.5. The summed E-state index contributed by atoms with van der Waals surface area (Å²) in [5, 5.41) is 0. The molecule has 2 aromatic rings. The molecule has 3 nitrogen and oxygen atoms in total. The minimum absolute atomic E-state index is 0.175. The zero-order chi connectivity index (χ0) is 9.26. The molecule has 0 spiro atoms. The van der Waals surface area contributed by atoms with Gasteiger partial charge in [0.2, 0.25) is 0 Å². The molecule has 0 aromatic carbocycles. The topological polar surface area (TPSA) is 34.4 Å². The molecule has 0 aliphatic heterocycles. The molecule has 0 fully saturated rings. The van der Waals surface area contributed by atoms with Crippen molar-refractivity contribution in [2.45, 2.75) is 13.3 Å². The van der Waals surface area contributed by atoms with Crippen LogP contribution in [0.1, 0.15) is 12.5 Å². The van der Waals surface area contributed by atoms with Gasteiger partial charge in [-0.1, -0.05) is 6.07 Å². The van der Waals surface area contributed by atoms with Crippen LogP contribution >= 0.6 is 0 Å². The highest BCUT2D eigenvalue weighted by Crippen LogP contribution is 2.10. The Bertz CT molecular complexity index is 445. The second-order valence-electron chi connectivity index (χ2n) is 3.10. The fourth-order valence-electron chi connectivity index (χ4n) is 1.43. The molecule has 0 N–H and O–H groups in total. The number of Topliss-reactive ketones (excluding diaryl/α,β-unsaturated/α-hetero) is 1. The molecule has 0 unspecified atom stereocenters. The van der Waals surface area contributed by atoms with Crippen molar-refractivity contribution in [3.8, 4) is 0 Å². The van der Waals surface area contributed by atoms with E-state index in [0.29, 0.717) is 6.42 Å². The number of hydrogen-bond donors (Lipinski definition) is 0. The van der Waals surface area contributed by atoms with Crippen LogP contribution in [0, 0.1) is 0 Å². The van der Waals surface area contributed by atoms with E-state index in [9.17, 15) is 4.79 Å². The summed E-state index contributed by atoms with van der Waals surface area (Å²) in [6, 6.07) is 3.88. The van der Waals surface area contributed by atoms with Crippen molar-refractivity contribution in [2.75, 3.05) is 0 Å². The molecule has 3 heteroatoms. The number of carbonyl (C=O) groups is 1. The van der Waals surface area contributed by atoms with E-state index in [4.69, 9.17) is 0 Å². The minimum atomic E-state index is 0.175. The maximum Gasteiger partial charge on any atom is 0.134 e. The predicted molar refractivity (Wildman–Crippen MR) is 49.6 cm³/mol. The fourth-order valence-corrected chi connectivity index (χ4v) is 1.43. The van der Waals surface area contributed by atoms with E-state index in [1.54, 1.807) is 19.4 Å². The maximum absolute atomic E-state index is 10.9. The summed E-state index contributed by atoms with van der Waals surface area (Å²) in [5.74, 6) is 0.175. The lowest BCUT2D eigenvalue weighted by molar-refractivity contribution is -0.116. The van der Waals surface area contributed by atoms with Crippen molar-refractivity contribution in [1.29, 1.82) is 0 Å². The van der Waals surface area contributed by atoms with E-state index in [-0.39, 0.29) is 5.78 Å². The third-order valence-corrected chi connectivity index (χ3v) is 1.98. The number of rotatable bonds is 2. The zero-order valence-corrected chi connectivity index (χ0v) is 7.40. The van der Waals surface area contributed by atoms with E-state index in [1.165, 1.54) is 0 Å². The number of carbonyl (C=O) groups excluding carboxylic acids is 1. The zero-order valence-electron chi connectivity index (χ0n) is 7.40. The number of nitrogens with zero attached hydrogens (tertiary/aromatic N) is 2. The Morgan fingerprint density at radius 2 is 2.46 bits per heavy atom. The SMILES string of the molecule is CC(=O)Cc1cccn2cncc12. The molecule has 66 valence electrons. The highest BCUT2D eigenvalue weighted by Gasteiger charge is 2.02. The highest BCUT2D eigenvalue weighted by molar-refractivity contribution is 5.80. The smallest absolute Gasteiger partial charge is 0.134 e. The molecule has 0 saturated heterocycles. The monoisotopic (exact) mass is 174 g/mol. The van der Waals surface area contributed by atoms with Crippen molar-refractivity contribution in [3.63, 3.8) is 0 Å². The molecule has 2 heterocycles. The summed E-state index contributed by atoms with van der Waals surface area (Å²) in [4.78, 5) is 15.0. The van der Waals surface area contributed by atoms with Gasteiger partial charge in [0, 0.05) is 12.6 Å². The Kier molecular flexibility index (Phi) is 1.85. The first kappa shape index (κ1) is 7.98. The summed E-state index contributed by atoms with van der Waals surface area (Å²) >= 11 is 0. The van der Waals surface area contributed by atoms with E-state index in [0.717, 1.165) is 11.1 Å². The standard InChI is InChI=1S/C10H10N2O/c1-8(13)5-9-3-2-4-12-7-11-6-10(9)12/h2-4,6-7H,5H2,1H3. The first-order chi connectivity index (χ1) is 6.27. The lowest BCUT2D eigenvalue weighted by Crippen LogP contribution is -1.98. The van der Waals surface area contributed by atoms with Crippen molar-refractivity contribution in [1.82, 2.24) is 9.38 Å². The average molecular weight is 174 g/mol. The summed E-state index contributed by atoms with van der Waals surface area (Å²) in [5.41, 5.74) is 2.05. The molecule has 0 bridgehead atoms. The van der Waals surface area contributed by atoms with Gasteiger partial charge in [-0.2, -0.15) is 0 Å². The molecule has 0 aliphatic carbocycles. The Hall–Kier alpha value is -1.64. The number of aromatic nitrogens is 2. The number of imidazole rings is 1. The second-order valence-corrected chi connectivity index (χ2v) is 3.10. The third kappa shape index (κ3) is 1.45. The van der Waals surface area contributed by atoms with Crippen molar-refractivity contribution < 1.29 is 4.79 Å². The van der Waals surface area contributed by atoms with Crippen molar-refractivity contribution in [2.24, 2.45) is 0 Å². The molecular formula is C10H10N2O. The first-order valence-corrected chi connectivity index (χ1v) is 4.16. The Balaban J connectivity index is 2.54. The van der Waals surface area contributed by atoms with Gasteiger partial charge < -0.3 is 4.40 Å². The number of fused-ring (bicyclic) bond motifs is 1. The molecule has 0 radical (unpaired) electrons. The summed E-state index contributed by atoms with van der Waals surface area (Å²) in [6.07, 6.45) is 5.92. The molecule has 0 amide bonds. The largest absolute Gasteiger partial charge is 0.306 e. The van der Waals surface area contributed by atoms with Crippen LogP contribution in [0.5, 0.6) is 0 Å². The van der Waals surface area contributed by atoms with E-state index in [2.05, 4.69) is 4.98 Å². The van der Waals surface area contributed by atoms with Gasteiger partial charge in [-0.25, -0.2) is 4.98 Å². The summed E-state index contributed by atoms with van der Waals surface area (Å²) in [6.45, 7) is 1.60. The Labute approximate surface area is 76.0 Å². The van der Waals surface area contributed by atoms with Crippen LogP contribution in [0.15, 0.2) is 30.9 Å². The van der Waals surface area contributed by atoms with Crippen LogP contribution in [0.3, 0.4) is 0 Å². The van der Waals surface area contributed by atoms with E-state index in [1.807, 2.05) is 22.7 Å². The van der Waals surface area contributed by atoms with Gasteiger partial charge in [0.1, 0.15) is 5.78 Å². The van der Waals surface area contributed by atoms with Crippen molar-refractivity contribution in [3.05, 3.63) is 36.4 Å². The highest BCUT2D eigenvalue weighted by atomic mass is 16.1. The molecule has 2 aromatic heterocycles.